The van der Waals surface area contributed by atoms with Crippen molar-refractivity contribution in [3.63, 3.8) is 0 Å². The first-order valence-corrected chi connectivity index (χ1v) is 6.54. The van der Waals surface area contributed by atoms with Gasteiger partial charge < -0.3 is 21.1 Å². The molecule has 0 spiro atoms. The van der Waals surface area contributed by atoms with Gasteiger partial charge in [0.15, 0.2) is 0 Å². The number of carboxylic acids is 1. The Bertz CT molecular complexity index is 338. The van der Waals surface area contributed by atoms with E-state index in [0.29, 0.717) is 51.7 Å². The predicted molar refractivity (Wildman–Crippen MR) is 68.4 cm³/mol. The number of aliphatic carboxylic acids is 1. The molecule has 0 unspecified atom stereocenters. The molecule has 7 heteroatoms. The lowest BCUT2D eigenvalue weighted by Gasteiger charge is -2.30. The highest BCUT2D eigenvalue weighted by Gasteiger charge is 2.26. The summed E-state index contributed by atoms with van der Waals surface area (Å²) >= 11 is 0. The van der Waals surface area contributed by atoms with Crippen LogP contribution >= 0.6 is 0 Å². The molecule has 0 bridgehead atoms. The normalized spacial score (nSPS) is 16.1. The molecule has 0 aromatic carbocycles. The van der Waals surface area contributed by atoms with E-state index in [1.165, 1.54) is 0 Å². The standard InChI is InChI=1S/C12H21N3O4/c13-10(16)3-1-2-6-14-12(19)15-7-4-9(5-8-15)11(17)18/h9H,1-8H2,(H2,13,16)(H,14,19)(H,17,18). The molecule has 4 N–H and O–H groups in total. The van der Waals surface area contributed by atoms with E-state index >= 15 is 0 Å². The maximum atomic E-state index is 11.7. The molecule has 3 amide bonds. The number of primary amides is 1. The van der Waals surface area contributed by atoms with Crippen LogP contribution in [0.5, 0.6) is 0 Å². The number of nitrogens with two attached hydrogens (primary N) is 1. The number of nitrogens with one attached hydrogen (secondary N) is 1. The molecule has 1 saturated heterocycles. The third-order valence-electron chi connectivity index (χ3n) is 3.26. The predicted octanol–water partition coefficient (Wildman–Crippen LogP) is 0.148. The van der Waals surface area contributed by atoms with E-state index in [9.17, 15) is 14.4 Å². The van der Waals surface area contributed by atoms with E-state index in [0.717, 1.165) is 0 Å². The van der Waals surface area contributed by atoms with Gasteiger partial charge >= 0.3 is 12.0 Å². The third kappa shape index (κ3) is 5.58. The number of unbranched alkanes of at least 4 members (excludes halogenated alkanes) is 1. The molecule has 1 heterocycles. The summed E-state index contributed by atoms with van der Waals surface area (Å²) in [5.41, 5.74) is 5.01. The van der Waals surface area contributed by atoms with Crippen LogP contribution in [-0.4, -0.2) is 47.5 Å². The molecule has 1 aliphatic heterocycles. The number of nitrogens with zero attached hydrogens (tertiary/aromatic N) is 1. The highest BCUT2D eigenvalue weighted by Crippen LogP contribution is 2.17. The molecular weight excluding hydrogens is 250 g/mol. The van der Waals surface area contributed by atoms with Crippen molar-refractivity contribution in [1.82, 2.24) is 10.2 Å². The minimum atomic E-state index is -0.786. The second-order valence-electron chi connectivity index (χ2n) is 4.75. The number of urea groups is 1. The van der Waals surface area contributed by atoms with Crippen molar-refractivity contribution < 1.29 is 19.5 Å². The van der Waals surface area contributed by atoms with E-state index < -0.39 is 5.97 Å². The van der Waals surface area contributed by atoms with Crippen molar-refractivity contribution in [3.8, 4) is 0 Å². The van der Waals surface area contributed by atoms with E-state index in [1.807, 2.05) is 0 Å². The zero-order chi connectivity index (χ0) is 14.3. The Morgan fingerprint density at radius 1 is 1.21 bits per heavy atom. The second-order valence-corrected chi connectivity index (χ2v) is 4.75. The lowest BCUT2D eigenvalue weighted by molar-refractivity contribution is -0.143. The van der Waals surface area contributed by atoms with E-state index in [2.05, 4.69) is 5.32 Å². The summed E-state index contributed by atoms with van der Waals surface area (Å²) in [6.45, 7) is 1.46. The SMILES string of the molecule is NC(=O)CCCCNC(=O)N1CCC(C(=O)O)CC1. The molecule has 0 aromatic rings. The molecule has 0 radical (unpaired) electrons. The fraction of sp³-hybridized carbons (Fsp3) is 0.750. The van der Waals surface area contributed by atoms with Gasteiger partial charge in [0.25, 0.3) is 0 Å². The first-order valence-electron chi connectivity index (χ1n) is 6.54. The maximum Gasteiger partial charge on any atom is 0.317 e. The van der Waals surface area contributed by atoms with E-state index in [-0.39, 0.29) is 17.9 Å². The Morgan fingerprint density at radius 2 is 1.84 bits per heavy atom. The largest absolute Gasteiger partial charge is 0.481 e. The van der Waals surface area contributed by atoms with Crippen LogP contribution in [0.1, 0.15) is 32.1 Å². The number of piperidine rings is 1. The Labute approximate surface area is 112 Å². The molecule has 7 nitrogen and oxygen atoms in total. The maximum absolute atomic E-state index is 11.7. The van der Waals surface area contributed by atoms with E-state index in [1.54, 1.807) is 4.90 Å². The number of carboxylic acid groups (broad SMARTS) is 1. The van der Waals surface area contributed by atoms with Crippen LogP contribution < -0.4 is 11.1 Å². The lowest BCUT2D eigenvalue weighted by Crippen LogP contribution is -2.45. The molecule has 1 fully saturated rings. The van der Waals surface area contributed by atoms with Crippen LogP contribution in [0.2, 0.25) is 0 Å². The summed E-state index contributed by atoms with van der Waals surface area (Å²) in [5.74, 6) is -1.45. The van der Waals surface area contributed by atoms with Crippen LogP contribution in [0.25, 0.3) is 0 Å². The fourth-order valence-electron chi connectivity index (χ4n) is 2.06. The topological polar surface area (TPSA) is 113 Å². The number of hydrogen-bond acceptors (Lipinski definition) is 3. The summed E-state index contributed by atoms with van der Waals surface area (Å²) in [4.78, 5) is 34.7. The molecular formula is C12H21N3O4. The molecule has 1 aliphatic rings. The highest BCUT2D eigenvalue weighted by molar-refractivity contribution is 5.75. The molecule has 0 atom stereocenters. The third-order valence-corrected chi connectivity index (χ3v) is 3.26. The quantitative estimate of drug-likeness (QED) is 0.597. The molecule has 1 rings (SSSR count). The zero-order valence-electron chi connectivity index (χ0n) is 10.9. The van der Waals surface area contributed by atoms with Gasteiger partial charge in [-0.05, 0) is 25.7 Å². The van der Waals surface area contributed by atoms with Gasteiger partial charge in [-0.25, -0.2) is 4.79 Å². The van der Waals surface area contributed by atoms with Crippen molar-refractivity contribution in [2.24, 2.45) is 11.7 Å². The molecule has 0 aromatic heterocycles. The number of carbonyl (C=O) groups excluding carboxylic acids is 2. The fourth-order valence-corrected chi connectivity index (χ4v) is 2.06. The summed E-state index contributed by atoms with van der Waals surface area (Å²) in [6.07, 6.45) is 2.71. The van der Waals surface area contributed by atoms with Gasteiger partial charge in [0, 0.05) is 26.1 Å². The van der Waals surface area contributed by atoms with Crippen molar-refractivity contribution >= 4 is 17.9 Å². The zero-order valence-corrected chi connectivity index (χ0v) is 10.9. The van der Waals surface area contributed by atoms with Crippen molar-refractivity contribution in [1.29, 1.82) is 0 Å². The summed E-state index contributed by atoms with van der Waals surface area (Å²) in [5, 5.41) is 11.6. The average Bonchev–Trinajstić information content (AvgIpc) is 2.37. The first-order chi connectivity index (χ1) is 9.00. The summed E-state index contributed by atoms with van der Waals surface area (Å²) in [6, 6.07) is -0.164. The van der Waals surface area contributed by atoms with Crippen LogP contribution in [0, 0.1) is 5.92 Å². The Kier molecular flexibility index (Phi) is 6.11. The van der Waals surface area contributed by atoms with Crippen molar-refractivity contribution in [2.75, 3.05) is 19.6 Å². The van der Waals surface area contributed by atoms with Gasteiger partial charge in [-0.3, -0.25) is 9.59 Å². The smallest absolute Gasteiger partial charge is 0.317 e. The molecule has 0 aliphatic carbocycles. The molecule has 108 valence electrons. The van der Waals surface area contributed by atoms with Gasteiger partial charge in [0.05, 0.1) is 5.92 Å². The number of hydrogen-bond donors (Lipinski definition) is 3. The number of carbonyl (C=O) groups is 3. The van der Waals surface area contributed by atoms with E-state index in [4.69, 9.17) is 10.8 Å². The number of amides is 3. The molecule has 0 saturated carbocycles. The van der Waals surface area contributed by atoms with Gasteiger partial charge in [0.1, 0.15) is 0 Å². The Balaban J connectivity index is 2.14. The van der Waals surface area contributed by atoms with Gasteiger partial charge in [0.2, 0.25) is 5.91 Å². The van der Waals surface area contributed by atoms with Crippen molar-refractivity contribution in [3.05, 3.63) is 0 Å². The van der Waals surface area contributed by atoms with Crippen LogP contribution in [0.15, 0.2) is 0 Å². The first kappa shape index (κ1) is 15.3. The number of likely N-dealkylation sites (tertiary alicyclic amines) is 1. The minimum Gasteiger partial charge on any atom is -0.481 e. The lowest BCUT2D eigenvalue weighted by atomic mass is 9.97. The van der Waals surface area contributed by atoms with Crippen LogP contribution in [0.3, 0.4) is 0 Å². The summed E-state index contributed by atoms with van der Waals surface area (Å²) in [7, 11) is 0. The monoisotopic (exact) mass is 271 g/mol. The average molecular weight is 271 g/mol. The highest BCUT2D eigenvalue weighted by atomic mass is 16.4. The van der Waals surface area contributed by atoms with Crippen LogP contribution in [-0.2, 0) is 9.59 Å². The number of rotatable bonds is 6. The molecule has 19 heavy (non-hydrogen) atoms. The minimum absolute atomic E-state index is 0.164. The van der Waals surface area contributed by atoms with Crippen LogP contribution in [0.4, 0.5) is 4.79 Å². The van der Waals surface area contributed by atoms with Gasteiger partial charge in [-0.1, -0.05) is 0 Å². The summed E-state index contributed by atoms with van der Waals surface area (Å²) < 4.78 is 0. The van der Waals surface area contributed by atoms with Gasteiger partial charge in [-0.2, -0.15) is 0 Å². The second kappa shape index (κ2) is 7.60. The Morgan fingerprint density at radius 3 is 2.37 bits per heavy atom. The van der Waals surface area contributed by atoms with Crippen molar-refractivity contribution in [2.45, 2.75) is 32.1 Å². The Hall–Kier alpha value is -1.79. The van der Waals surface area contributed by atoms with Gasteiger partial charge in [-0.15, -0.1) is 0 Å².